The Hall–Kier alpha value is -0.136. The van der Waals surface area contributed by atoms with Crippen molar-refractivity contribution in [1.82, 2.24) is 0 Å². The van der Waals surface area contributed by atoms with Gasteiger partial charge in [0, 0.05) is 6.10 Å². The maximum atomic E-state index is 12.6. The fraction of sp³-hybridized carbons (Fsp3) is 0.941. The van der Waals surface area contributed by atoms with Crippen LogP contribution in [0.25, 0.3) is 0 Å². The van der Waals surface area contributed by atoms with Crippen LogP contribution in [0, 0.1) is 5.92 Å². The van der Waals surface area contributed by atoms with Crippen LogP contribution < -0.4 is 0 Å². The summed E-state index contributed by atoms with van der Waals surface area (Å²) in [4.78, 5) is 12.6. The molecule has 2 radical (unpaired) electrons. The fourth-order valence-electron chi connectivity index (χ4n) is 3.26. The summed E-state index contributed by atoms with van der Waals surface area (Å²) in [6, 6.07) is 1.70. The zero-order valence-electron chi connectivity index (χ0n) is 16.3. The third-order valence-electron chi connectivity index (χ3n) is 4.31. The highest BCUT2D eigenvalue weighted by atomic mass is 28.4. The lowest BCUT2D eigenvalue weighted by molar-refractivity contribution is -0.139. The van der Waals surface area contributed by atoms with Crippen molar-refractivity contribution in [2.24, 2.45) is 5.92 Å². The van der Waals surface area contributed by atoms with Gasteiger partial charge in [0.25, 0.3) is 14.3 Å². The van der Waals surface area contributed by atoms with Crippen LogP contribution in [-0.2, 0) is 13.6 Å². The Labute approximate surface area is 141 Å². The molecule has 0 N–H and O–H groups in total. The van der Waals surface area contributed by atoms with Crippen LogP contribution in [0.1, 0.15) is 69.2 Å². The van der Waals surface area contributed by atoms with Crippen LogP contribution in [0.5, 0.6) is 0 Å². The lowest BCUT2D eigenvalue weighted by Gasteiger charge is -2.49. The average Bonchev–Trinajstić information content (AvgIpc) is 2.31. The molecule has 0 aromatic rings. The number of carbonyl (C=O) groups is 1. The van der Waals surface area contributed by atoms with Gasteiger partial charge < -0.3 is 8.85 Å². The van der Waals surface area contributed by atoms with Crippen molar-refractivity contribution >= 4 is 24.0 Å². The minimum Gasteiger partial charge on any atom is -0.518 e. The molecule has 0 aromatic heterocycles. The average molecular weight is 345 g/mol. The van der Waals surface area contributed by atoms with Crippen molar-refractivity contribution in [3.8, 4) is 0 Å². The Morgan fingerprint density at radius 1 is 1.05 bits per heavy atom. The molecule has 1 unspecified atom stereocenters. The lowest BCUT2D eigenvalue weighted by atomic mass is 10.2. The van der Waals surface area contributed by atoms with Crippen molar-refractivity contribution in [1.29, 1.82) is 0 Å². The molecule has 0 amide bonds. The van der Waals surface area contributed by atoms with Gasteiger partial charge in [0.05, 0.1) is 5.92 Å². The highest BCUT2D eigenvalue weighted by Gasteiger charge is 2.56. The van der Waals surface area contributed by atoms with Crippen LogP contribution in [0.15, 0.2) is 0 Å². The predicted octanol–water partition coefficient (Wildman–Crippen LogP) is 5.19. The first-order valence-corrected chi connectivity index (χ1v) is 11.6. The van der Waals surface area contributed by atoms with Gasteiger partial charge in [0.15, 0.2) is 0 Å². The van der Waals surface area contributed by atoms with E-state index in [1.807, 2.05) is 20.8 Å². The summed E-state index contributed by atoms with van der Waals surface area (Å²) in [5, 5.41) is 0.0399. The third-order valence-corrected chi connectivity index (χ3v) is 12.1. The summed E-state index contributed by atoms with van der Waals surface area (Å²) in [5.41, 5.74) is 0. The molecule has 0 spiro atoms. The Morgan fingerprint density at radius 2 is 1.50 bits per heavy atom. The predicted molar refractivity (Wildman–Crippen MR) is 97.7 cm³/mol. The molecule has 0 heterocycles. The number of carbonyl (C=O) groups excluding carboxylic acids is 1. The summed E-state index contributed by atoms with van der Waals surface area (Å²) in [6.07, 6.45) is 0.217. The topological polar surface area (TPSA) is 35.5 Å². The Morgan fingerprint density at radius 3 is 1.82 bits per heavy atom. The van der Waals surface area contributed by atoms with Crippen molar-refractivity contribution in [2.75, 3.05) is 0 Å². The van der Waals surface area contributed by atoms with Gasteiger partial charge in [-0.2, -0.15) is 0 Å². The van der Waals surface area contributed by atoms with Crippen LogP contribution >= 0.6 is 0 Å². The van der Waals surface area contributed by atoms with E-state index in [1.165, 1.54) is 0 Å². The number of hydrogen-bond donors (Lipinski definition) is 0. The van der Waals surface area contributed by atoms with Crippen molar-refractivity contribution in [3.63, 3.8) is 0 Å². The Bertz CT molecular complexity index is 340. The van der Waals surface area contributed by atoms with E-state index in [-0.39, 0.29) is 28.1 Å². The van der Waals surface area contributed by atoms with E-state index >= 15 is 0 Å². The molecule has 0 aromatic carbocycles. The maximum Gasteiger partial charge on any atom is 0.295 e. The van der Waals surface area contributed by atoms with E-state index in [2.05, 4.69) is 48.5 Å². The third kappa shape index (κ3) is 5.50. The summed E-state index contributed by atoms with van der Waals surface area (Å²) in [7, 11) is -1.89. The molecule has 0 bridgehead atoms. The molecular formula is C17H36O3Si2. The number of rotatable bonds is 7. The Balaban J connectivity index is 5.06. The van der Waals surface area contributed by atoms with Gasteiger partial charge >= 0.3 is 0 Å². The van der Waals surface area contributed by atoms with E-state index < -0.39 is 8.32 Å². The summed E-state index contributed by atoms with van der Waals surface area (Å²) in [6.45, 7) is 21.5. The molecule has 0 aliphatic rings. The van der Waals surface area contributed by atoms with E-state index in [0.29, 0.717) is 9.76 Å². The molecule has 0 aliphatic heterocycles. The van der Waals surface area contributed by atoms with Gasteiger partial charge in [-0.1, -0.05) is 55.4 Å². The second-order valence-electron chi connectivity index (χ2n) is 8.52. The summed E-state index contributed by atoms with van der Waals surface area (Å²) < 4.78 is 11.9. The molecule has 0 aliphatic carbocycles. The van der Waals surface area contributed by atoms with Crippen molar-refractivity contribution in [3.05, 3.63) is 0 Å². The SMILES string of the molecule is CC[Si](OC(=O)C(C)C[Si]OC(C)C)(C(C)(C)C)C(C)(C)C. The first kappa shape index (κ1) is 21.9. The summed E-state index contributed by atoms with van der Waals surface area (Å²) in [5.74, 6) is -0.140. The zero-order chi connectivity index (χ0) is 17.8. The van der Waals surface area contributed by atoms with Crippen LogP contribution in [-0.4, -0.2) is 30.2 Å². The van der Waals surface area contributed by atoms with Gasteiger partial charge in [-0.15, -0.1) is 0 Å². The van der Waals surface area contributed by atoms with E-state index in [1.54, 1.807) is 0 Å². The second kappa shape index (κ2) is 8.11. The smallest absolute Gasteiger partial charge is 0.295 e. The molecule has 0 fully saturated rings. The molecule has 1 atom stereocenters. The van der Waals surface area contributed by atoms with Gasteiger partial charge in [-0.25, -0.2) is 0 Å². The molecule has 5 heteroatoms. The molecule has 3 nitrogen and oxygen atoms in total. The standard InChI is InChI=1S/C17H36O3Si2/c1-11-22(16(5,6)7,17(8,9)10)20-15(18)14(4)12-21-19-13(2)3/h13-14H,11-12H2,1-10H3. The van der Waals surface area contributed by atoms with Crippen LogP contribution in [0.4, 0.5) is 0 Å². The first-order valence-electron chi connectivity index (χ1n) is 8.40. The Kier molecular flexibility index (Phi) is 8.06. The van der Waals surface area contributed by atoms with Crippen LogP contribution in [0.2, 0.25) is 22.2 Å². The fourth-order valence-corrected chi connectivity index (χ4v) is 9.78. The van der Waals surface area contributed by atoms with Crippen molar-refractivity contribution in [2.45, 2.75) is 97.5 Å². The van der Waals surface area contributed by atoms with E-state index in [0.717, 1.165) is 12.1 Å². The monoisotopic (exact) mass is 344 g/mol. The van der Waals surface area contributed by atoms with Crippen molar-refractivity contribution < 1.29 is 13.6 Å². The molecular weight excluding hydrogens is 308 g/mol. The quantitative estimate of drug-likeness (QED) is 0.596. The largest absolute Gasteiger partial charge is 0.518 e. The van der Waals surface area contributed by atoms with E-state index in [9.17, 15) is 4.79 Å². The van der Waals surface area contributed by atoms with Gasteiger partial charge in [0.2, 0.25) is 9.76 Å². The molecule has 0 rings (SSSR count). The first-order chi connectivity index (χ1) is 9.78. The maximum absolute atomic E-state index is 12.6. The van der Waals surface area contributed by atoms with Gasteiger partial charge in [0.1, 0.15) is 0 Å². The van der Waals surface area contributed by atoms with Gasteiger partial charge in [-0.3, -0.25) is 4.79 Å². The van der Waals surface area contributed by atoms with E-state index in [4.69, 9.17) is 8.85 Å². The normalized spacial score (nSPS) is 15.0. The van der Waals surface area contributed by atoms with Gasteiger partial charge in [-0.05, 0) is 36.0 Å². The lowest BCUT2D eigenvalue weighted by Crippen LogP contribution is -2.55. The number of hydrogen-bond acceptors (Lipinski definition) is 3. The molecule has 0 saturated heterocycles. The zero-order valence-corrected chi connectivity index (χ0v) is 18.3. The minimum absolute atomic E-state index is 0.0199. The second-order valence-corrected chi connectivity index (χ2v) is 15.0. The molecule has 0 saturated carbocycles. The molecule has 130 valence electrons. The minimum atomic E-state index is -2.25. The van der Waals surface area contributed by atoms with Crippen LogP contribution in [0.3, 0.4) is 0 Å². The molecule has 22 heavy (non-hydrogen) atoms. The highest BCUT2D eigenvalue weighted by Crippen LogP contribution is 2.53. The highest BCUT2D eigenvalue weighted by molar-refractivity contribution is 6.80. The summed E-state index contributed by atoms with van der Waals surface area (Å²) >= 11 is 0.